The summed E-state index contributed by atoms with van der Waals surface area (Å²) in [4.78, 5) is 0. The molecule has 0 radical (unpaired) electrons. The lowest BCUT2D eigenvalue weighted by Crippen LogP contribution is -2.03. The molecule has 0 heterocycles. The number of hydrogen-bond acceptors (Lipinski definition) is 3. The standard InChI is InChI=1S/C9H13NO2/c1-5-3-4-7(9(11)12)8(10)6(5)2/h3-4,9,11-12H,10H2,1-2H3. The summed E-state index contributed by atoms with van der Waals surface area (Å²) in [7, 11) is 0. The molecular weight excluding hydrogens is 154 g/mol. The zero-order valence-electron chi connectivity index (χ0n) is 7.20. The lowest BCUT2D eigenvalue weighted by molar-refractivity contribution is -0.0419. The average Bonchev–Trinajstić information content (AvgIpc) is 2.00. The summed E-state index contributed by atoms with van der Waals surface area (Å²) >= 11 is 0. The number of hydrogen-bond donors (Lipinski definition) is 3. The number of nitrogens with two attached hydrogens (primary N) is 1. The maximum Gasteiger partial charge on any atom is 0.180 e. The number of aliphatic hydroxyl groups is 2. The van der Waals surface area contributed by atoms with E-state index in [0.717, 1.165) is 11.1 Å². The number of aryl methyl sites for hydroxylation is 1. The van der Waals surface area contributed by atoms with E-state index in [1.165, 1.54) is 0 Å². The molecule has 1 aromatic rings. The van der Waals surface area contributed by atoms with Gasteiger partial charge in [0.2, 0.25) is 0 Å². The summed E-state index contributed by atoms with van der Waals surface area (Å²) in [6, 6.07) is 3.45. The van der Waals surface area contributed by atoms with Crippen molar-refractivity contribution in [3.63, 3.8) is 0 Å². The van der Waals surface area contributed by atoms with Crippen molar-refractivity contribution in [2.75, 3.05) is 5.73 Å². The molecule has 0 fully saturated rings. The molecule has 12 heavy (non-hydrogen) atoms. The molecule has 0 aliphatic carbocycles. The molecule has 0 atom stereocenters. The van der Waals surface area contributed by atoms with Crippen molar-refractivity contribution in [3.05, 3.63) is 28.8 Å². The molecule has 0 unspecified atom stereocenters. The van der Waals surface area contributed by atoms with Crippen LogP contribution in [0.1, 0.15) is 23.0 Å². The van der Waals surface area contributed by atoms with Crippen LogP contribution in [0.2, 0.25) is 0 Å². The summed E-state index contributed by atoms with van der Waals surface area (Å²) < 4.78 is 0. The van der Waals surface area contributed by atoms with Gasteiger partial charge in [-0.3, -0.25) is 0 Å². The van der Waals surface area contributed by atoms with Crippen LogP contribution in [0.3, 0.4) is 0 Å². The van der Waals surface area contributed by atoms with Crippen molar-refractivity contribution < 1.29 is 10.2 Å². The van der Waals surface area contributed by atoms with Gasteiger partial charge < -0.3 is 15.9 Å². The molecule has 3 nitrogen and oxygen atoms in total. The number of aliphatic hydroxyl groups excluding tert-OH is 1. The lowest BCUT2D eigenvalue weighted by atomic mass is 10.0. The van der Waals surface area contributed by atoms with E-state index in [1.54, 1.807) is 6.07 Å². The average molecular weight is 167 g/mol. The Balaban J connectivity index is 3.27. The Bertz CT molecular complexity index is 295. The highest BCUT2D eigenvalue weighted by atomic mass is 16.5. The second kappa shape index (κ2) is 3.13. The van der Waals surface area contributed by atoms with Crippen molar-refractivity contribution in [1.82, 2.24) is 0 Å². The van der Waals surface area contributed by atoms with E-state index in [2.05, 4.69) is 0 Å². The van der Waals surface area contributed by atoms with E-state index < -0.39 is 6.29 Å². The molecule has 1 aromatic carbocycles. The summed E-state index contributed by atoms with van der Waals surface area (Å²) in [5.74, 6) is 0. The molecule has 0 saturated heterocycles. The predicted octanol–water partition coefficient (Wildman–Crippen LogP) is 0.869. The molecule has 0 amide bonds. The Morgan fingerprint density at radius 2 is 1.83 bits per heavy atom. The third-order valence-electron chi connectivity index (χ3n) is 2.10. The first kappa shape index (κ1) is 9.03. The second-order valence-electron chi connectivity index (χ2n) is 2.88. The Hall–Kier alpha value is -1.06. The fraction of sp³-hybridized carbons (Fsp3) is 0.333. The highest BCUT2D eigenvalue weighted by molar-refractivity contribution is 5.56. The number of nitrogen functional groups attached to an aromatic ring is 1. The van der Waals surface area contributed by atoms with E-state index in [0.29, 0.717) is 11.3 Å². The van der Waals surface area contributed by atoms with Gasteiger partial charge in [-0.1, -0.05) is 12.1 Å². The molecule has 0 aromatic heterocycles. The van der Waals surface area contributed by atoms with E-state index in [9.17, 15) is 0 Å². The Morgan fingerprint density at radius 1 is 1.25 bits per heavy atom. The van der Waals surface area contributed by atoms with Gasteiger partial charge in [0, 0.05) is 11.3 Å². The topological polar surface area (TPSA) is 66.5 Å². The van der Waals surface area contributed by atoms with Gasteiger partial charge in [0.1, 0.15) is 0 Å². The van der Waals surface area contributed by atoms with Crippen molar-refractivity contribution in [1.29, 1.82) is 0 Å². The molecule has 0 aliphatic rings. The van der Waals surface area contributed by atoms with Crippen LogP contribution in [0.15, 0.2) is 12.1 Å². The van der Waals surface area contributed by atoms with Gasteiger partial charge in [-0.25, -0.2) is 0 Å². The predicted molar refractivity (Wildman–Crippen MR) is 47.5 cm³/mol. The molecule has 0 aliphatic heterocycles. The smallest absolute Gasteiger partial charge is 0.180 e. The molecule has 66 valence electrons. The van der Waals surface area contributed by atoms with Gasteiger partial charge in [0.15, 0.2) is 6.29 Å². The van der Waals surface area contributed by atoms with E-state index in [4.69, 9.17) is 15.9 Å². The minimum Gasteiger partial charge on any atom is -0.398 e. The summed E-state index contributed by atoms with van der Waals surface area (Å²) in [6.45, 7) is 3.79. The van der Waals surface area contributed by atoms with Crippen LogP contribution in [0.4, 0.5) is 5.69 Å². The largest absolute Gasteiger partial charge is 0.398 e. The number of benzene rings is 1. The van der Waals surface area contributed by atoms with Gasteiger partial charge in [0.05, 0.1) is 0 Å². The number of rotatable bonds is 1. The Morgan fingerprint density at radius 3 is 2.33 bits per heavy atom. The van der Waals surface area contributed by atoms with Crippen molar-refractivity contribution in [2.45, 2.75) is 20.1 Å². The van der Waals surface area contributed by atoms with Crippen LogP contribution in [0.5, 0.6) is 0 Å². The Labute approximate surface area is 71.5 Å². The zero-order valence-corrected chi connectivity index (χ0v) is 7.20. The third-order valence-corrected chi connectivity index (χ3v) is 2.10. The summed E-state index contributed by atoms with van der Waals surface area (Å²) in [5, 5.41) is 17.8. The highest BCUT2D eigenvalue weighted by Gasteiger charge is 2.09. The fourth-order valence-corrected chi connectivity index (χ4v) is 1.08. The zero-order chi connectivity index (χ0) is 9.30. The van der Waals surface area contributed by atoms with Gasteiger partial charge in [-0.05, 0) is 25.0 Å². The molecule has 3 heteroatoms. The first-order chi connectivity index (χ1) is 5.54. The quantitative estimate of drug-likeness (QED) is 0.429. The highest BCUT2D eigenvalue weighted by Crippen LogP contribution is 2.24. The van der Waals surface area contributed by atoms with Gasteiger partial charge in [-0.15, -0.1) is 0 Å². The van der Waals surface area contributed by atoms with E-state index in [1.807, 2.05) is 19.9 Å². The van der Waals surface area contributed by atoms with Crippen molar-refractivity contribution in [2.24, 2.45) is 0 Å². The van der Waals surface area contributed by atoms with E-state index in [-0.39, 0.29) is 0 Å². The van der Waals surface area contributed by atoms with Gasteiger partial charge in [-0.2, -0.15) is 0 Å². The van der Waals surface area contributed by atoms with Crippen molar-refractivity contribution in [3.8, 4) is 0 Å². The van der Waals surface area contributed by atoms with Crippen LogP contribution >= 0.6 is 0 Å². The number of anilines is 1. The molecule has 0 saturated carbocycles. The van der Waals surface area contributed by atoms with Crippen LogP contribution in [0, 0.1) is 13.8 Å². The molecule has 0 bridgehead atoms. The van der Waals surface area contributed by atoms with Crippen LogP contribution in [-0.4, -0.2) is 10.2 Å². The van der Waals surface area contributed by atoms with Crippen LogP contribution in [0.25, 0.3) is 0 Å². The molecular formula is C9H13NO2. The first-order valence-corrected chi connectivity index (χ1v) is 3.75. The first-order valence-electron chi connectivity index (χ1n) is 3.75. The summed E-state index contributed by atoms with van der Waals surface area (Å²) in [6.07, 6.45) is -1.48. The normalized spacial score (nSPS) is 10.8. The SMILES string of the molecule is Cc1ccc(C(O)O)c(N)c1C. The van der Waals surface area contributed by atoms with Gasteiger partial charge in [0.25, 0.3) is 0 Å². The minimum absolute atomic E-state index is 0.373. The Kier molecular flexibility index (Phi) is 2.35. The maximum atomic E-state index is 8.90. The van der Waals surface area contributed by atoms with Crippen molar-refractivity contribution >= 4 is 5.69 Å². The monoisotopic (exact) mass is 167 g/mol. The molecule has 4 N–H and O–H groups in total. The maximum absolute atomic E-state index is 8.90. The minimum atomic E-state index is -1.48. The molecule has 0 spiro atoms. The van der Waals surface area contributed by atoms with E-state index >= 15 is 0 Å². The van der Waals surface area contributed by atoms with Crippen LogP contribution < -0.4 is 5.73 Å². The molecule has 1 rings (SSSR count). The fourth-order valence-electron chi connectivity index (χ4n) is 1.08. The van der Waals surface area contributed by atoms with Crippen LogP contribution in [-0.2, 0) is 0 Å². The summed E-state index contributed by atoms with van der Waals surface area (Å²) in [5.41, 5.74) is 8.46. The third kappa shape index (κ3) is 1.42. The van der Waals surface area contributed by atoms with Gasteiger partial charge >= 0.3 is 0 Å². The second-order valence-corrected chi connectivity index (χ2v) is 2.88. The lowest BCUT2D eigenvalue weighted by Gasteiger charge is -2.11.